The fourth-order valence-electron chi connectivity index (χ4n) is 3.40. The summed E-state index contributed by atoms with van der Waals surface area (Å²) in [6, 6.07) is 18.0. The van der Waals surface area contributed by atoms with E-state index in [1.54, 1.807) is 26.0 Å². The maximum absolute atomic E-state index is 13.0. The van der Waals surface area contributed by atoms with Gasteiger partial charge in [-0.15, -0.1) is 0 Å². The Morgan fingerprint density at radius 3 is 2.36 bits per heavy atom. The van der Waals surface area contributed by atoms with E-state index in [4.69, 9.17) is 18.1 Å². The molecule has 170 valence electrons. The van der Waals surface area contributed by atoms with E-state index in [0.717, 1.165) is 5.56 Å². The first-order valence-electron chi connectivity index (χ1n) is 10.4. The average molecular weight is 467 g/mol. The highest BCUT2D eigenvalue weighted by atomic mass is 32.2. The smallest absolute Gasteiger partial charge is 0.343 e. The molecule has 33 heavy (non-hydrogen) atoms. The molecular weight excluding hydrogens is 444 g/mol. The fourth-order valence-corrected chi connectivity index (χ4v) is 4.48. The third-order valence-electron chi connectivity index (χ3n) is 4.84. The molecule has 0 saturated heterocycles. The van der Waals surface area contributed by atoms with Gasteiger partial charge in [0.1, 0.15) is 17.6 Å². The highest BCUT2D eigenvalue weighted by Gasteiger charge is 2.25. The summed E-state index contributed by atoms with van der Waals surface area (Å²) in [7, 11) is -4.26. The van der Waals surface area contributed by atoms with E-state index in [0.29, 0.717) is 23.3 Å². The van der Waals surface area contributed by atoms with Crippen LogP contribution in [-0.2, 0) is 10.1 Å². The molecule has 0 aliphatic carbocycles. The molecule has 3 aromatic carbocycles. The summed E-state index contributed by atoms with van der Waals surface area (Å²) in [5.74, 6) is 0.394. The van der Waals surface area contributed by atoms with Crippen molar-refractivity contribution >= 4 is 21.1 Å². The van der Waals surface area contributed by atoms with Crippen molar-refractivity contribution in [2.45, 2.75) is 18.7 Å². The second kappa shape index (κ2) is 9.38. The number of hydrogen-bond donors (Lipinski definition) is 0. The Bertz CT molecular complexity index is 1440. The highest BCUT2D eigenvalue weighted by Crippen LogP contribution is 2.36. The summed E-state index contributed by atoms with van der Waals surface area (Å²) in [5, 5.41) is 0.314. The van der Waals surface area contributed by atoms with Crippen molar-refractivity contribution in [2.24, 2.45) is 0 Å². The minimum atomic E-state index is -4.26. The van der Waals surface area contributed by atoms with Crippen LogP contribution in [0.15, 0.2) is 87.1 Å². The summed E-state index contributed by atoms with van der Waals surface area (Å²) in [4.78, 5) is 12.8. The Morgan fingerprint density at radius 1 is 0.879 bits per heavy atom. The molecule has 0 unspecified atom stereocenters. The summed E-state index contributed by atoms with van der Waals surface area (Å²) < 4.78 is 48.1. The Labute approximate surface area is 191 Å². The van der Waals surface area contributed by atoms with Crippen molar-refractivity contribution < 1.29 is 26.5 Å². The highest BCUT2D eigenvalue weighted by molar-refractivity contribution is 7.87. The van der Waals surface area contributed by atoms with Gasteiger partial charge in [0.25, 0.3) is 0 Å². The molecular formula is C25H22O7S. The maximum atomic E-state index is 13.0. The maximum Gasteiger partial charge on any atom is 0.343 e. The summed E-state index contributed by atoms with van der Waals surface area (Å²) >= 11 is 0. The van der Waals surface area contributed by atoms with Gasteiger partial charge in [-0.25, -0.2) is 0 Å². The number of benzene rings is 3. The molecule has 0 radical (unpaired) electrons. The molecule has 0 aliphatic heterocycles. The molecule has 4 aromatic rings. The molecule has 0 atom stereocenters. The van der Waals surface area contributed by atoms with Crippen LogP contribution in [0.3, 0.4) is 0 Å². The van der Waals surface area contributed by atoms with E-state index in [9.17, 15) is 13.2 Å². The SMILES string of the molecule is CCOc1cccc(S(=O)(=O)Oc2ccc3c(=O)c(-c4ccccc4)coc3c2)c1OCC. The quantitative estimate of drug-likeness (QED) is 0.337. The van der Waals surface area contributed by atoms with E-state index in [-0.39, 0.29) is 34.0 Å². The van der Waals surface area contributed by atoms with E-state index in [1.807, 2.05) is 30.3 Å². The van der Waals surface area contributed by atoms with Gasteiger partial charge in [-0.05, 0) is 43.7 Å². The predicted octanol–water partition coefficient (Wildman–Crippen LogP) is 5.03. The Hall–Kier alpha value is -3.78. The first-order chi connectivity index (χ1) is 15.9. The standard InChI is InChI=1S/C25H22O7S/c1-3-29-21-11-8-12-23(25(21)30-4-2)33(27,28)32-18-13-14-19-22(15-18)31-16-20(24(19)26)17-9-6-5-7-10-17/h5-16H,3-4H2,1-2H3. The van der Waals surface area contributed by atoms with Crippen molar-refractivity contribution in [1.29, 1.82) is 0 Å². The van der Waals surface area contributed by atoms with Gasteiger partial charge in [0.05, 0.1) is 24.2 Å². The van der Waals surface area contributed by atoms with Crippen LogP contribution in [0.1, 0.15) is 13.8 Å². The van der Waals surface area contributed by atoms with Crippen LogP contribution >= 0.6 is 0 Å². The topological polar surface area (TPSA) is 92.0 Å². The monoisotopic (exact) mass is 466 g/mol. The van der Waals surface area contributed by atoms with Crippen molar-refractivity contribution in [1.82, 2.24) is 0 Å². The molecule has 1 aromatic heterocycles. The van der Waals surface area contributed by atoms with Gasteiger partial charge in [0.15, 0.2) is 21.8 Å². The number of ether oxygens (including phenoxy) is 2. The molecule has 8 heteroatoms. The zero-order valence-electron chi connectivity index (χ0n) is 18.1. The Kier molecular flexibility index (Phi) is 6.37. The minimum absolute atomic E-state index is 0.00220. The molecule has 4 rings (SSSR count). The molecule has 0 aliphatic rings. The molecule has 1 heterocycles. The van der Waals surface area contributed by atoms with Crippen LogP contribution in [0.5, 0.6) is 17.2 Å². The van der Waals surface area contributed by atoms with Crippen molar-refractivity contribution in [3.05, 3.63) is 83.2 Å². The zero-order valence-corrected chi connectivity index (χ0v) is 18.9. The largest absolute Gasteiger partial charge is 0.490 e. The van der Waals surface area contributed by atoms with Crippen LogP contribution in [0, 0.1) is 0 Å². The van der Waals surface area contributed by atoms with Gasteiger partial charge >= 0.3 is 10.1 Å². The number of para-hydroxylation sites is 1. The lowest BCUT2D eigenvalue weighted by Gasteiger charge is -2.15. The van der Waals surface area contributed by atoms with E-state index >= 15 is 0 Å². The summed E-state index contributed by atoms with van der Waals surface area (Å²) in [6.45, 7) is 4.13. The van der Waals surface area contributed by atoms with Crippen LogP contribution in [0.2, 0.25) is 0 Å². The third-order valence-corrected chi connectivity index (χ3v) is 6.11. The van der Waals surface area contributed by atoms with Crippen molar-refractivity contribution in [2.75, 3.05) is 13.2 Å². The van der Waals surface area contributed by atoms with Gasteiger partial charge in [-0.3, -0.25) is 4.79 Å². The molecule has 0 saturated carbocycles. The van der Waals surface area contributed by atoms with Gasteiger partial charge < -0.3 is 18.1 Å². The second-order valence-corrected chi connectivity index (χ2v) is 8.50. The number of fused-ring (bicyclic) bond motifs is 1. The van der Waals surface area contributed by atoms with Gasteiger partial charge in [0.2, 0.25) is 0 Å². The normalized spacial score (nSPS) is 11.3. The van der Waals surface area contributed by atoms with Crippen LogP contribution in [0.4, 0.5) is 0 Å². The number of hydrogen-bond acceptors (Lipinski definition) is 7. The lowest BCUT2D eigenvalue weighted by atomic mass is 10.1. The molecule has 0 spiro atoms. The van der Waals surface area contributed by atoms with Gasteiger partial charge in [-0.1, -0.05) is 36.4 Å². The molecule has 0 bridgehead atoms. The predicted molar refractivity (Wildman–Crippen MR) is 125 cm³/mol. The van der Waals surface area contributed by atoms with Gasteiger partial charge in [-0.2, -0.15) is 8.42 Å². The molecule has 7 nitrogen and oxygen atoms in total. The Morgan fingerprint density at radius 2 is 1.64 bits per heavy atom. The first kappa shape index (κ1) is 22.4. The van der Waals surface area contributed by atoms with Crippen molar-refractivity contribution in [3.8, 4) is 28.4 Å². The first-order valence-corrected chi connectivity index (χ1v) is 11.8. The summed E-state index contributed by atoms with van der Waals surface area (Å²) in [6.07, 6.45) is 1.36. The fraction of sp³-hybridized carbons (Fsp3) is 0.160. The van der Waals surface area contributed by atoms with Crippen LogP contribution in [0.25, 0.3) is 22.1 Å². The van der Waals surface area contributed by atoms with Crippen molar-refractivity contribution in [3.63, 3.8) is 0 Å². The Balaban J connectivity index is 1.71. The second-order valence-electron chi connectivity index (χ2n) is 6.99. The van der Waals surface area contributed by atoms with Crippen LogP contribution < -0.4 is 19.1 Å². The zero-order chi connectivity index (χ0) is 23.4. The lowest BCUT2D eigenvalue weighted by molar-refractivity contribution is 0.280. The lowest BCUT2D eigenvalue weighted by Crippen LogP contribution is -2.13. The molecule has 0 amide bonds. The average Bonchev–Trinajstić information content (AvgIpc) is 2.81. The van der Waals surface area contributed by atoms with E-state index in [1.165, 1.54) is 30.5 Å². The summed E-state index contributed by atoms with van der Waals surface area (Å²) in [5.41, 5.74) is 1.13. The van der Waals surface area contributed by atoms with Crippen LogP contribution in [-0.4, -0.2) is 21.6 Å². The van der Waals surface area contributed by atoms with E-state index < -0.39 is 10.1 Å². The molecule has 0 N–H and O–H groups in total. The minimum Gasteiger partial charge on any atom is -0.490 e. The van der Waals surface area contributed by atoms with E-state index in [2.05, 4.69) is 0 Å². The molecule has 0 fully saturated rings. The third kappa shape index (κ3) is 4.56. The van der Waals surface area contributed by atoms with Gasteiger partial charge in [0, 0.05) is 6.07 Å². The number of rotatable bonds is 8.